The van der Waals surface area contributed by atoms with Crippen LogP contribution in [0.25, 0.3) is 10.9 Å². The lowest BCUT2D eigenvalue weighted by Crippen LogP contribution is -2.16. The van der Waals surface area contributed by atoms with Crippen LogP contribution < -0.4 is 10.9 Å². The zero-order valence-corrected chi connectivity index (χ0v) is 12.6. The monoisotopic (exact) mass is 312 g/mol. The number of aromatic amines is 1. The molecule has 0 bridgehead atoms. The Morgan fingerprint density at radius 3 is 2.68 bits per heavy atom. The number of nitrogens with one attached hydrogen (secondary N) is 2. The molecule has 2 N–H and O–H groups in total. The van der Waals surface area contributed by atoms with E-state index < -0.39 is 0 Å². The molecule has 0 fully saturated rings. The number of carbonyl (C=O) groups is 1. The number of anilines is 1. The van der Waals surface area contributed by atoms with E-state index in [1.807, 2.05) is 19.1 Å². The molecule has 0 radical (unpaired) electrons. The second kappa shape index (κ2) is 5.66. The number of aromatic nitrogens is 1. The minimum absolute atomic E-state index is 0.314. The van der Waals surface area contributed by atoms with E-state index in [0.29, 0.717) is 27.2 Å². The molecule has 3 aromatic rings. The van der Waals surface area contributed by atoms with Gasteiger partial charge in [-0.05, 0) is 30.7 Å². The molecule has 22 heavy (non-hydrogen) atoms. The summed E-state index contributed by atoms with van der Waals surface area (Å²) in [6.07, 6.45) is 0. The second-order valence-electron chi connectivity index (χ2n) is 5.01. The Bertz CT molecular complexity index is 931. The number of rotatable bonds is 2. The number of hydrogen-bond acceptors (Lipinski definition) is 2. The highest BCUT2D eigenvalue weighted by Crippen LogP contribution is 2.21. The molecular weight excluding hydrogens is 300 g/mol. The van der Waals surface area contributed by atoms with Crippen molar-refractivity contribution in [1.29, 1.82) is 0 Å². The average Bonchev–Trinajstić information content (AvgIpc) is 2.50. The number of aryl methyl sites for hydroxylation is 1. The first kappa shape index (κ1) is 14.4. The number of halogens is 1. The van der Waals surface area contributed by atoms with Crippen molar-refractivity contribution in [3.05, 3.63) is 75.0 Å². The zero-order valence-electron chi connectivity index (χ0n) is 11.8. The smallest absolute Gasteiger partial charge is 0.256 e. The lowest BCUT2D eigenvalue weighted by Gasteiger charge is -2.09. The molecule has 0 atom stereocenters. The molecule has 4 nitrogen and oxygen atoms in total. The Labute approximate surface area is 131 Å². The summed E-state index contributed by atoms with van der Waals surface area (Å²) in [6, 6.07) is 13.8. The van der Waals surface area contributed by atoms with Crippen molar-refractivity contribution in [2.45, 2.75) is 6.92 Å². The van der Waals surface area contributed by atoms with Crippen LogP contribution in [0.15, 0.2) is 53.3 Å². The maximum absolute atomic E-state index is 12.5. The van der Waals surface area contributed by atoms with Crippen molar-refractivity contribution >= 4 is 34.1 Å². The van der Waals surface area contributed by atoms with E-state index >= 15 is 0 Å². The summed E-state index contributed by atoms with van der Waals surface area (Å²) < 4.78 is 0. The highest BCUT2D eigenvalue weighted by molar-refractivity contribution is 6.31. The van der Waals surface area contributed by atoms with Gasteiger partial charge < -0.3 is 10.3 Å². The van der Waals surface area contributed by atoms with Crippen molar-refractivity contribution < 1.29 is 4.79 Å². The number of H-pyrrole nitrogens is 1. The molecule has 0 saturated heterocycles. The van der Waals surface area contributed by atoms with Crippen molar-refractivity contribution in [3.8, 4) is 0 Å². The van der Waals surface area contributed by atoms with Gasteiger partial charge in [-0.1, -0.05) is 35.9 Å². The SMILES string of the molecule is Cc1ccc(NC(=O)c2cc(=O)[nH]c3ccccc23)cc1Cl. The van der Waals surface area contributed by atoms with E-state index in [-0.39, 0.29) is 11.5 Å². The predicted molar refractivity (Wildman–Crippen MR) is 88.7 cm³/mol. The van der Waals surface area contributed by atoms with Gasteiger partial charge >= 0.3 is 0 Å². The fourth-order valence-electron chi connectivity index (χ4n) is 2.26. The minimum atomic E-state index is -0.345. The van der Waals surface area contributed by atoms with E-state index in [0.717, 1.165) is 5.56 Å². The molecule has 0 aliphatic rings. The van der Waals surface area contributed by atoms with Gasteiger partial charge in [0, 0.05) is 27.7 Å². The summed E-state index contributed by atoms with van der Waals surface area (Å²) in [7, 11) is 0. The molecule has 110 valence electrons. The number of carbonyl (C=O) groups excluding carboxylic acids is 1. The van der Waals surface area contributed by atoms with Gasteiger partial charge in [0.05, 0.1) is 5.56 Å². The summed E-state index contributed by atoms with van der Waals surface area (Å²) in [5.74, 6) is -0.345. The number of hydrogen-bond donors (Lipinski definition) is 2. The van der Waals surface area contributed by atoms with Crippen molar-refractivity contribution in [1.82, 2.24) is 4.98 Å². The van der Waals surface area contributed by atoms with Crippen molar-refractivity contribution in [2.75, 3.05) is 5.32 Å². The molecule has 3 rings (SSSR count). The number of fused-ring (bicyclic) bond motifs is 1. The van der Waals surface area contributed by atoms with Crippen LogP contribution in [-0.4, -0.2) is 10.9 Å². The number of para-hydroxylation sites is 1. The summed E-state index contributed by atoms with van der Waals surface area (Å²) >= 11 is 6.06. The Balaban J connectivity index is 2.02. The fraction of sp³-hybridized carbons (Fsp3) is 0.0588. The van der Waals surface area contributed by atoms with Gasteiger partial charge in [0.1, 0.15) is 0 Å². The predicted octanol–water partition coefficient (Wildman–Crippen LogP) is 3.74. The highest BCUT2D eigenvalue weighted by Gasteiger charge is 2.12. The van der Waals surface area contributed by atoms with Gasteiger partial charge in [-0.3, -0.25) is 9.59 Å². The molecule has 0 aliphatic carbocycles. The van der Waals surface area contributed by atoms with Crippen LogP contribution in [0.4, 0.5) is 5.69 Å². The van der Waals surface area contributed by atoms with E-state index in [2.05, 4.69) is 10.3 Å². The van der Waals surface area contributed by atoms with E-state index in [4.69, 9.17) is 11.6 Å². The topological polar surface area (TPSA) is 62.0 Å². The lowest BCUT2D eigenvalue weighted by atomic mass is 10.1. The molecule has 1 amide bonds. The summed E-state index contributed by atoms with van der Waals surface area (Å²) in [6.45, 7) is 1.89. The molecule has 2 aromatic carbocycles. The van der Waals surface area contributed by atoms with Crippen LogP contribution in [0, 0.1) is 6.92 Å². The van der Waals surface area contributed by atoms with Gasteiger partial charge in [-0.25, -0.2) is 0 Å². The third-order valence-electron chi connectivity index (χ3n) is 3.42. The summed E-state index contributed by atoms with van der Waals surface area (Å²) in [4.78, 5) is 26.9. The molecule has 0 spiro atoms. The standard InChI is InChI=1S/C17H13ClN2O2/c1-10-6-7-11(8-14(10)18)19-17(22)13-9-16(21)20-15-5-3-2-4-12(13)15/h2-9H,1H3,(H,19,22)(H,20,21). The largest absolute Gasteiger partial charge is 0.322 e. The zero-order chi connectivity index (χ0) is 15.7. The maximum atomic E-state index is 12.5. The van der Waals surface area contributed by atoms with E-state index in [1.54, 1.807) is 30.3 Å². The van der Waals surface area contributed by atoms with Crippen LogP contribution >= 0.6 is 11.6 Å². The third kappa shape index (κ3) is 2.73. The van der Waals surface area contributed by atoms with Crippen LogP contribution in [-0.2, 0) is 0 Å². The maximum Gasteiger partial charge on any atom is 0.256 e. The van der Waals surface area contributed by atoms with Crippen molar-refractivity contribution in [2.24, 2.45) is 0 Å². The van der Waals surface area contributed by atoms with Gasteiger partial charge in [-0.15, -0.1) is 0 Å². The van der Waals surface area contributed by atoms with Crippen LogP contribution in [0.5, 0.6) is 0 Å². The van der Waals surface area contributed by atoms with Gasteiger partial charge in [0.25, 0.3) is 5.91 Å². The Morgan fingerprint density at radius 2 is 1.91 bits per heavy atom. The number of benzene rings is 2. The first-order valence-electron chi connectivity index (χ1n) is 6.74. The highest BCUT2D eigenvalue weighted by atomic mass is 35.5. The molecular formula is C17H13ClN2O2. The first-order valence-corrected chi connectivity index (χ1v) is 7.12. The molecule has 0 aliphatic heterocycles. The van der Waals surface area contributed by atoms with Gasteiger partial charge in [0.15, 0.2) is 0 Å². The average molecular weight is 313 g/mol. The van der Waals surface area contributed by atoms with Gasteiger partial charge in [-0.2, -0.15) is 0 Å². The summed E-state index contributed by atoms with van der Waals surface area (Å²) in [5, 5.41) is 4.04. The Kier molecular flexibility index (Phi) is 3.69. The second-order valence-corrected chi connectivity index (χ2v) is 5.42. The normalized spacial score (nSPS) is 10.6. The molecule has 0 unspecified atom stereocenters. The quantitative estimate of drug-likeness (QED) is 0.757. The van der Waals surface area contributed by atoms with Crippen LogP contribution in [0.3, 0.4) is 0 Å². The van der Waals surface area contributed by atoms with E-state index in [9.17, 15) is 9.59 Å². The molecule has 1 aromatic heterocycles. The first-order chi connectivity index (χ1) is 10.5. The van der Waals surface area contributed by atoms with Crippen LogP contribution in [0.1, 0.15) is 15.9 Å². The molecule has 1 heterocycles. The number of pyridine rings is 1. The molecule has 0 saturated carbocycles. The Hall–Kier alpha value is -2.59. The minimum Gasteiger partial charge on any atom is -0.322 e. The van der Waals surface area contributed by atoms with E-state index in [1.165, 1.54) is 6.07 Å². The third-order valence-corrected chi connectivity index (χ3v) is 3.83. The van der Waals surface area contributed by atoms with Crippen molar-refractivity contribution in [3.63, 3.8) is 0 Å². The van der Waals surface area contributed by atoms with Crippen LogP contribution in [0.2, 0.25) is 5.02 Å². The van der Waals surface area contributed by atoms with Gasteiger partial charge in [0.2, 0.25) is 5.56 Å². The lowest BCUT2D eigenvalue weighted by molar-refractivity contribution is 0.102. The fourth-order valence-corrected chi connectivity index (χ4v) is 2.44. The summed E-state index contributed by atoms with van der Waals surface area (Å²) in [5.41, 5.74) is 2.16. The number of amides is 1. The molecule has 5 heteroatoms. The Morgan fingerprint density at radius 1 is 1.14 bits per heavy atom.